The van der Waals surface area contributed by atoms with Gasteiger partial charge in [-0.25, -0.2) is 13.4 Å². The molecule has 1 N–H and O–H groups in total. The molecule has 10 heteroatoms. The number of carbonyl (C=O) groups excluding carboxylic acids is 1. The van der Waals surface area contributed by atoms with Crippen LogP contribution in [0.25, 0.3) is 0 Å². The highest BCUT2D eigenvalue weighted by atomic mass is 32.2. The average Bonchev–Trinajstić information content (AvgIpc) is 2.57. The molecule has 6 nitrogen and oxygen atoms in total. The molecule has 2 aromatic rings. The van der Waals surface area contributed by atoms with Crippen molar-refractivity contribution in [1.82, 2.24) is 10.3 Å². The van der Waals surface area contributed by atoms with Crippen LogP contribution < -0.4 is 10.1 Å². The fourth-order valence-electron chi connectivity index (χ4n) is 1.90. The quantitative estimate of drug-likeness (QED) is 0.821. The molecule has 0 unspecified atom stereocenters. The number of nitrogens with zero attached hydrogens (tertiary/aromatic N) is 1. The maximum Gasteiger partial charge on any atom is 0.422 e. The summed E-state index contributed by atoms with van der Waals surface area (Å²) in [6.45, 7) is -1.41. The zero-order valence-corrected chi connectivity index (χ0v) is 14.4. The van der Waals surface area contributed by atoms with Gasteiger partial charge in [0, 0.05) is 18.9 Å². The fraction of sp³-hybridized carbons (Fsp3) is 0.250. The minimum Gasteiger partial charge on any atom is -0.468 e. The molecule has 0 bridgehead atoms. The van der Waals surface area contributed by atoms with Crippen LogP contribution in [-0.4, -0.2) is 38.3 Å². The second kappa shape index (κ2) is 7.73. The first kappa shape index (κ1) is 19.7. The Hall–Kier alpha value is -2.62. The number of rotatable bonds is 6. The van der Waals surface area contributed by atoms with E-state index in [-0.39, 0.29) is 23.0 Å². The van der Waals surface area contributed by atoms with Crippen molar-refractivity contribution >= 4 is 15.7 Å². The van der Waals surface area contributed by atoms with Gasteiger partial charge in [0.25, 0.3) is 5.91 Å². The molecule has 0 aliphatic heterocycles. The van der Waals surface area contributed by atoms with E-state index >= 15 is 0 Å². The standard InChI is InChI=1S/C16H15F3N2O4S/c1-26(23,24)12-7-5-11(6-8-12)9-20-15(22)13-3-2-4-14(21-13)25-10-16(17,18)19/h2-8H,9-10H2,1H3,(H,20,22). The monoisotopic (exact) mass is 388 g/mol. The maximum atomic E-state index is 12.1. The van der Waals surface area contributed by atoms with Crippen molar-refractivity contribution in [2.24, 2.45) is 0 Å². The lowest BCUT2D eigenvalue weighted by atomic mass is 10.2. The summed E-state index contributed by atoms with van der Waals surface area (Å²) in [5.41, 5.74) is 0.549. The van der Waals surface area contributed by atoms with Gasteiger partial charge in [0.1, 0.15) is 5.69 Å². The van der Waals surface area contributed by atoms with Gasteiger partial charge in [-0.1, -0.05) is 18.2 Å². The molecule has 0 spiro atoms. The van der Waals surface area contributed by atoms with Crippen molar-refractivity contribution in [1.29, 1.82) is 0 Å². The minimum absolute atomic E-state index is 0.0954. The first-order valence-corrected chi connectivity index (χ1v) is 9.17. The van der Waals surface area contributed by atoms with Gasteiger partial charge in [-0.15, -0.1) is 0 Å². The number of hydrogen-bond acceptors (Lipinski definition) is 5. The normalized spacial score (nSPS) is 11.8. The van der Waals surface area contributed by atoms with E-state index in [9.17, 15) is 26.4 Å². The summed E-state index contributed by atoms with van der Waals surface area (Å²) in [6, 6.07) is 9.84. The highest BCUT2D eigenvalue weighted by Gasteiger charge is 2.28. The molecule has 0 aliphatic rings. The molecule has 2 rings (SSSR count). The van der Waals surface area contributed by atoms with Gasteiger partial charge in [-0.2, -0.15) is 13.2 Å². The number of benzene rings is 1. The number of aromatic nitrogens is 1. The van der Waals surface area contributed by atoms with Crippen LogP contribution in [0.5, 0.6) is 5.88 Å². The fourth-order valence-corrected chi connectivity index (χ4v) is 2.54. The smallest absolute Gasteiger partial charge is 0.422 e. The lowest BCUT2D eigenvalue weighted by molar-refractivity contribution is -0.154. The Morgan fingerprint density at radius 2 is 1.81 bits per heavy atom. The molecular weight excluding hydrogens is 373 g/mol. The molecule has 0 atom stereocenters. The lowest BCUT2D eigenvalue weighted by Gasteiger charge is -2.09. The summed E-state index contributed by atoms with van der Waals surface area (Å²) < 4.78 is 63.7. The molecule has 0 fully saturated rings. The lowest BCUT2D eigenvalue weighted by Crippen LogP contribution is -2.24. The van der Waals surface area contributed by atoms with Crippen molar-refractivity contribution in [2.45, 2.75) is 17.6 Å². The summed E-state index contributed by atoms with van der Waals surface area (Å²) in [5, 5.41) is 2.54. The first-order chi connectivity index (χ1) is 12.0. The molecule has 0 saturated heterocycles. The zero-order valence-electron chi connectivity index (χ0n) is 13.6. The molecule has 0 radical (unpaired) electrons. The highest BCUT2D eigenvalue weighted by molar-refractivity contribution is 7.90. The number of amides is 1. The van der Waals surface area contributed by atoms with Gasteiger partial charge in [-0.05, 0) is 23.8 Å². The minimum atomic E-state index is -4.50. The second-order valence-electron chi connectivity index (χ2n) is 5.36. The van der Waals surface area contributed by atoms with Gasteiger partial charge < -0.3 is 10.1 Å². The van der Waals surface area contributed by atoms with Gasteiger partial charge in [0.15, 0.2) is 16.4 Å². The van der Waals surface area contributed by atoms with E-state index in [0.29, 0.717) is 5.56 Å². The number of pyridine rings is 1. The molecule has 0 saturated carbocycles. The zero-order chi connectivity index (χ0) is 19.4. The van der Waals surface area contributed by atoms with Crippen LogP contribution in [0.4, 0.5) is 13.2 Å². The van der Waals surface area contributed by atoms with Crippen LogP contribution in [0.2, 0.25) is 0 Å². The topological polar surface area (TPSA) is 85.4 Å². The SMILES string of the molecule is CS(=O)(=O)c1ccc(CNC(=O)c2cccc(OCC(F)(F)F)n2)cc1. The summed E-state index contributed by atoms with van der Waals surface area (Å²) >= 11 is 0. The summed E-state index contributed by atoms with van der Waals surface area (Å²) in [5.74, 6) is -0.915. The van der Waals surface area contributed by atoms with Crippen molar-refractivity contribution < 1.29 is 31.1 Å². The Morgan fingerprint density at radius 3 is 2.38 bits per heavy atom. The number of alkyl halides is 3. The van der Waals surface area contributed by atoms with Crippen molar-refractivity contribution in [3.63, 3.8) is 0 Å². The van der Waals surface area contributed by atoms with Gasteiger partial charge >= 0.3 is 6.18 Å². The van der Waals surface area contributed by atoms with Crippen LogP contribution in [0.1, 0.15) is 16.1 Å². The van der Waals surface area contributed by atoms with Crippen molar-refractivity contribution in [3.05, 3.63) is 53.7 Å². The van der Waals surface area contributed by atoms with E-state index in [1.165, 1.54) is 30.3 Å². The molecule has 26 heavy (non-hydrogen) atoms. The van der Waals surface area contributed by atoms with E-state index in [0.717, 1.165) is 6.26 Å². The maximum absolute atomic E-state index is 12.1. The third-order valence-corrected chi connectivity index (χ3v) is 4.27. The van der Waals surface area contributed by atoms with Gasteiger partial charge in [0.2, 0.25) is 5.88 Å². The third-order valence-electron chi connectivity index (χ3n) is 3.14. The Bertz CT molecular complexity index is 881. The van der Waals surface area contributed by atoms with E-state index in [1.807, 2.05) is 0 Å². The van der Waals surface area contributed by atoms with Gasteiger partial charge in [0.05, 0.1) is 4.90 Å². The Kier molecular flexibility index (Phi) is 5.86. The third kappa shape index (κ3) is 6.03. The van der Waals surface area contributed by atoms with Crippen LogP contribution in [0.3, 0.4) is 0 Å². The average molecular weight is 388 g/mol. The number of hydrogen-bond donors (Lipinski definition) is 1. The first-order valence-electron chi connectivity index (χ1n) is 7.28. The predicted octanol–water partition coefficient (Wildman–Crippen LogP) is 2.36. The second-order valence-corrected chi connectivity index (χ2v) is 7.38. The summed E-state index contributed by atoms with van der Waals surface area (Å²) in [7, 11) is -3.31. The number of carbonyl (C=O) groups is 1. The van der Waals surface area contributed by atoms with Crippen LogP contribution in [0.15, 0.2) is 47.4 Å². The van der Waals surface area contributed by atoms with E-state index in [4.69, 9.17) is 0 Å². The summed E-state index contributed by atoms with van der Waals surface area (Å²) in [4.78, 5) is 15.9. The molecule has 0 aliphatic carbocycles. The molecule has 1 amide bonds. The van der Waals surface area contributed by atoms with Crippen LogP contribution in [-0.2, 0) is 16.4 Å². The van der Waals surface area contributed by atoms with Gasteiger partial charge in [-0.3, -0.25) is 4.79 Å². The number of ether oxygens (including phenoxy) is 1. The van der Waals surface area contributed by atoms with E-state index < -0.39 is 28.5 Å². The molecule has 1 aromatic heterocycles. The predicted molar refractivity (Wildman–Crippen MR) is 86.5 cm³/mol. The highest BCUT2D eigenvalue weighted by Crippen LogP contribution is 2.17. The molecule has 1 aromatic carbocycles. The number of nitrogens with one attached hydrogen (secondary N) is 1. The largest absolute Gasteiger partial charge is 0.468 e. The van der Waals surface area contributed by atoms with Crippen molar-refractivity contribution in [2.75, 3.05) is 12.9 Å². The molecular formula is C16H15F3N2O4S. The Balaban J connectivity index is 1.97. The van der Waals surface area contributed by atoms with E-state index in [2.05, 4.69) is 15.0 Å². The van der Waals surface area contributed by atoms with Crippen LogP contribution in [0, 0.1) is 0 Å². The Labute approximate surface area is 147 Å². The number of halogens is 3. The van der Waals surface area contributed by atoms with Crippen LogP contribution >= 0.6 is 0 Å². The van der Waals surface area contributed by atoms with E-state index in [1.54, 1.807) is 12.1 Å². The van der Waals surface area contributed by atoms with Crippen molar-refractivity contribution in [3.8, 4) is 5.88 Å². The molecule has 140 valence electrons. The molecule has 1 heterocycles. The Morgan fingerprint density at radius 1 is 1.15 bits per heavy atom. The number of sulfone groups is 1. The summed E-state index contributed by atoms with van der Waals surface area (Å²) in [6.07, 6.45) is -3.42.